The van der Waals surface area contributed by atoms with Crippen LogP contribution in [-0.2, 0) is 0 Å². The van der Waals surface area contributed by atoms with Crippen LogP contribution in [0.25, 0.3) is 0 Å². The van der Waals surface area contributed by atoms with Crippen LogP contribution in [0.3, 0.4) is 0 Å². The Hall–Kier alpha value is -0.560. The monoisotopic (exact) mass is 137 g/mol. The standard InChI is InChI=1S/C9H15N/c1-9(8-10-2)6-4-3-5-7-9/h3-6,10H,7-8H2,1-2H3/t9-/m0/s1. The Morgan fingerprint density at radius 2 is 2.30 bits per heavy atom. The molecule has 0 bridgehead atoms. The van der Waals surface area contributed by atoms with Gasteiger partial charge in [0.2, 0.25) is 0 Å². The quantitative estimate of drug-likeness (QED) is 0.611. The van der Waals surface area contributed by atoms with Gasteiger partial charge >= 0.3 is 0 Å². The molecule has 1 aliphatic rings. The Labute approximate surface area is 62.8 Å². The van der Waals surface area contributed by atoms with E-state index in [4.69, 9.17) is 0 Å². The second-order valence-corrected chi connectivity index (χ2v) is 3.18. The van der Waals surface area contributed by atoms with E-state index < -0.39 is 0 Å². The van der Waals surface area contributed by atoms with Crippen molar-refractivity contribution in [2.24, 2.45) is 5.41 Å². The Bertz CT molecular complexity index is 158. The van der Waals surface area contributed by atoms with Crippen LogP contribution >= 0.6 is 0 Å². The predicted octanol–water partition coefficient (Wildman–Crippen LogP) is 1.73. The highest BCUT2D eigenvalue weighted by atomic mass is 14.8. The van der Waals surface area contributed by atoms with Crippen molar-refractivity contribution in [2.45, 2.75) is 13.3 Å². The van der Waals surface area contributed by atoms with Crippen LogP contribution in [-0.4, -0.2) is 13.6 Å². The number of allylic oxidation sites excluding steroid dienone is 3. The SMILES string of the molecule is CNC[C@@]1(C)C=CC=CC1. The lowest BCUT2D eigenvalue weighted by Gasteiger charge is -2.25. The minimum atomic E-state index is 0.351. The van der Waals surface area contributed by atoms with Gasteiger partial charge in [-0.05, 0) is 13.5 Å². The first-order valence-electron chi connectivity index (χ1n) is 3.76. The lowest BCUT2D eigenvalue weighted by Crippen LogP contribution is -2.27. The second-order valence-electron chi connectivity index (χ2n) is 3.18. The maximum atomic E-state index is 3.19. The summed E-state index contributed by atoms with van der Waals surface area (Å²) in [5.41, 5.74) is 0.351. The van der Waals surface area contributed by atoms with Gasteiger partial charge in [-0.15, -0.1) is 0 Å². The largest absolute Gasteiger partial charge is 0.319 e. The molecular formula is C9H15N. The lowest BCUT2D eigenvalue weighted by atomic mass is 9.84. The maximum Gasteiger partial charge on any atom is 0.00400 e. The van der Waals surface area contributed by atoms with E-state index in [9.17, 15) is 0 Å². The van der Waals surface area contributed by atoms with Crippen molar-refractivity contribution >= 4 is 0 Å². The third kappa shape index (κ3) is 1.71. The number of hydrogen-bond acceptors (Lipinski definition) is 1. The summed E-state index contributed by atoms with van der Waals surface area (Å²) in [6.45, 7) is 3.33. The fourth-order valence-electron chi connectivity index (χ4n) is 1.31. The van der Waals surface area contributed by atoms with Crippen molar-refractivity contribution in [1.82, 2.24) is 5.32 Å². The van der Waals surface area contributed by atoms with Crippen LogP contribution in [0.5, 0.6) is 0 Å². The van der Waals surface area contributed by atoms with Gasteiger partial charge in [0.25, 0.3) is 0 Å². The summed E-state index contributed by atoms with van der Waals surface area (Å²) < 4.78 is 0. The van der Waals surface area contributed by atoms with Crippen LogP contribution in [0.15, 0.2) is 24.3 Å². The molecule has 0 spiro atoms. The van der Waals surface area contributed by atoms with Crippen LogP contribution in [0.2, 0.25) is 0 Å². The van der Waals surface area contributed by atoms with Gasteiger partial charge in [0, 0.05) is 12.0 Å². The molecule has 0 saturated carbocycles. The molecule has 0 aromatic carbocycles. The molecule has 1 atom stereocenters. The molecule has 0 heterocycles. The van der Waals surface area contributed by atoms with E-state index in [-0.39, 0.29) is 0 Å². The smallest absolute Gasteiger partial charge is 0.00400 e. The van der Waals surface area contributed by atoms with Crippen molar-refractivity contribution < 1.29 is 0 Å². The third-order valence-electron chi connectivity index (χ3n) is 1.91. The minimum absolute atomic E-state index is 0.351. The lowest BCUT2D eigenvalue weighted by molar-refractivity contribution is 0.410. The van der Waals surface area contributed by atoms with Gasteiger partial charge in [-0.2, -0.15) is 0 Å². The summed E-state index contributed by atoms with van der Waals surface area (Å²) in [5.74, 6) is 0. The molecule has 0 unspecified atom stereocenters. The Morgan fingerprint density at radius 1 is 1.50 bits per heavy atom. The Morgan fingerprint density at radius 3 is 2.80 bits per heavy atom. The summed E-state index contributed by atoms with van der Waals surface area (Å²) in [5, 5.41) is 3.19. The Balaban J connectivity index is 2.52. The molecule has 0 radical (unpaired) electrons. The molecule has 10 heavy (non-hydrogen) atoms. The molecule has 1 aliphatic carbocycles. The average molecular weight is 137 g/mol. The van der Waals surface area contributed by atoms with E-state index in [0.29, 0.717) is 5.41 Å². The first-order chi connectivity index (χ1) is 4.77. The first-order valence-corrected chi connectivity index (χ1v) is 3.76. The van der Waals surface area contributed by atoms with Gasteiger partial charge in [0.1, 0.15) is 0 Å². The summed E-state index contributed by atoms with van der Waals surface area (Å²) in [4.78, 5) is 0. The molecule has 0 saturated heterocycles. The highest BCUT2D eigenvalue weighted by molar-refractivity contribution is 5.15. The normalized spacial score (nSPS) is 31.0. The average Bonchev–Trinajstić information content (AvgIpc) is 1.89. The molecule has 1 nitrogen and oxygen atoms in total. The fourth-order valence-corrected chi connectivity index (χ4v) is 1.31. The Kier molecular flexibility index (Phi) is 2.28. The van der Waals surface area contributed by atoms with Gasteiger partial charge in [-0.1, -0.05) is 31.2 Å². The summed E-state index contributed by atoms with van der Waals surface area (Å²) in [7, 11) is 2.00. The van der Waals surface area contributed by atoms with Crippen molar-refractivity contribution in [1.29, 1.82) is 0 Å². The highest BCUT2D eigenvalue weighted by Gasteiger charge is 2.18. The van der Waals surface area contributed by atoms with Gasteiger partial charge in [-0.25, -0.2) is 0 Å². The number of nitrogens with one attached hydrogen (secondary N) is 1. The van der Waals surface area contributed by atoms with Crippen molar-refractivity contribution in [3.8, 4) is 0 Å². The van der Waals surface area contributed by atoms with Crippen LogP contribution in [0, 0.1) is 5.41 Å². The first kappa shape index (κ1) is 7.55. The molecule has 0 aromatic rings. The second kappa shape index (κ2) is 3.02. The zero-order valence-corrected chi connectivity index (χ0v) is 6.72. The summed E-state index contributed by atoms with van der Waals surface area (Å²) in [6, 6.07) is 0. The van der Waals surface area contributed by atoms with Crippen LogP contribution in [0.1, 0.15) is 13.3 Å². The molecular weight excluding hydrogens is 122 g/mol. The van der Waals surface area contributed by atoms with E-state index >= 15 is 0 Å². The molecule has 1 heteroatoms. The molecule has 1 rings (SSSR count). The summed E-state index contributed by atoms with van der Waals surface area (Å²) >= 11 is 0. The van der Waals surface area contributed by atoms with Gasteiger partial charge in [0.15, 0.2) is 0 Å². The van der Waals surface area contributed by atoms with Crippen molar-refractivity contribution in [3.05, 3.63) is 24.3 Å². The zero-order valence-electron chi connectivity index (χ0n) is 6.72. The highest BCUT2D eigenvalue weighted by Crippen LogP contribution is 2.25. The number of hydrogen-bond donors (Lipinski definition) is 1. The zero-order chi connectivity index (χ0) is 7.45. The summed E-state index contributed by atoms with van der Waals surface area (Å²) in [6.07, 6.45) is 9.88. The van der Waals surface area contributed by atoms with Crippen molar-refractivity contribution in [2.75, 3.05) is 13.6 Å². The molecule has 56 valence electrons. The maximum absolute atomic E-state index is 3.19. The molecule has 0 aliphatic heterocycles. The number of rotatable bonds is 2. The van der Waals surface area contributed by atoms with E-state index in [0.717, 1.165) is 13.0 Å². The molecule has 0 fully saturated rings. The van der Waals surface area contributed by atoms with Gasteiger partial charge in [-0.3, -0.25) is 0 Å². The molecule has 0 amide bonds. The van der Waals surface area contributed by atoms with Crippen molar-refractivity contribution in [3.63, 3.8) is 0 Å². The topological polar surface area (TPSA) is 12.0 Å². The van der Waals surface area contributed by atoms with Crippen LogP contribution < -0.4 is 5.32 Å². The van der Waals surface area contributed by atoms with Gasteiger partial charge in [0.05, 0.1) is 0 Å². The van der Waals surface area contributed by atoms with E-state index in [1.165, 1.54) is 0 Å². The minimum Gasteiger partial charge on any atom is -0.319 e. The predicted molar refractivity (Wildman–Crippen MR) is 44.9 cm³/mol. The molecule has 1 N–H and O–H groups in total. The van der Waals surface area contributed by atoms with Crippen LogP contribution in [0.4, 0.5) is 0 Å². The van der Waals surface area contributed by atoms with Gasteiger partial charge < -0.3 is 5.32 Å². The van der Waals surface area contributed by atoms with E-state index in [2.05, 4.69) is 36.5 Å². The molecule has 0 aromatic heterocycles. The van der Waals surface area contributed by atoms with E-state index in [1.54, 1.807) is 0 Å². The fraction of sp³-hybridized carbons (Fsp3) is 0.556. The van der Waals surface area contributed by atoms with E-state index in [1.807, 2.05) is 7.05 Å². The third-order valence-corrected chi connectivity index (χ3v) is 1.91.